The van der Waals surface area contributed by atoms with Crippen molar-refractivity contribution in [3.05, 3.63) is 40.1 Å². The fourth-order valence-corrected chi connectivity index (χ4v) is 3.21. The van der Waals surface area contributed by atoms with Crippen molar-refractivity contribution in [3.8, 4) is 5.75 Å². The van der Waals surface area contributed by atoms with Gasteiger partial charge in [-0.25, -0.2) is 0 Å². The lowest BCUT2D eigenvalue weighted by Gasteiger charge is -2.05. The van der Waals surface area contributed by atoms with E-state index in [1.165, 1.54) is 70.6 Å². The Hall–Kier alpha value is -1.31. The molecule has 2 nitrogen and oxygen atoms in total. The highest BCUT2D eigenvalue weighted by Crippen LogP contribution is 2.16. The van der Waals surface area contributed by atoms with E-state index in [9.17, 15) is 4.79 Å². The summed E-state index contributed by atoms with van der Waals surface area (Å²) in [5.74, 6) is 0.517. The van der Waals surface area contributed by atoms with Gasteiger partial charge in [0, 0.05) is 0 Å². The van der Waals surface area contributed by atoms with E-state index in [0.717, 1.165) is 18.4 Å². The molecular weight excluding hydrogens is 296 g/mol. The van der Waals surface area contributed by atoms with Gasteiger partial charge in [-0.15, -0.1) is 0 Å². The third-order valence-electron chi connectivity index (χ3n) is 4.68. The van der Waals surface area contributed by atoms with Gasteiger partial charge in [0.1, 0.15) is 0 Å². The molecule has 1 aromatic rings. The van der Waals surface area contributed by atoms with Gasteiger partial charge in [-0.05, 0) is 24.5 Å². The summed E-state index contributed by atoms with van der Waals surface area (Å²) >= 11 is 0. The van der Waals surface area contributed by atoms with Gasteiger partial charge in [0.05, 0.1) is 7.11 Å². The number of rotatable bonds is 14. The molecule has 0 unspecified atom stereocenters. The number of hydrogen-bond acceptors (Lipinski definition) is 2. The van der Waals surface area contributed by atoms with Crippen molar-refractivity contribution in [1.82, 2.24) is 0 Å². The van der Waals surface area contributed by atoms with Crippen molar-refractivity contribution in [3.63, 3.8) is 0 Å². The highest BCUT2D eigenvalue weighted by molar-refractivity contribution is 5.32. The zero-order valence-corrected chi connectivity index (χ0v) is 15.8. The molecule has 0 aliphatic heterocycles. The first kappa shape index (κ1) is 20.7. The Morgan fingerprint density at radius 1 is 0.750 bits per heavy atom. The molecule has 0 aromatic heterocycles. The second-order valence-electron chi connectivity index (χ2n) is 6.78. The largest absolute Gasteiger partial charge is 0.492 e. The van der Waals surface area contributed by atoms with Crippen LogP contribution in [-0.4, -0.2) is 7.11 Å². The van der Waals surface area contributed by atoms with Gasteiger partial charge in [-0.3, -0.25) is 4.79 Å². The molecule has 0 fully saturated rings. The smallest absolute Gasteiger partial charge is 0.220 e. The van der Waals surface area contributed by atoms with Crippen LogP contribution in [0.25, 0.3) is 0 Å². The van der Waals surface area contributed by atoms with Crippen LogP contribution < -0.4 is 10.2 Å². The van der Waals surface area contributed by atoms with Crippen molar-refractivity contribution in [2.24, 2.45) is 0 Å². The Kier molecular flexibility index (Phi) is 12.2. The Bertz CT molecular complexity index is 482. The summed E-state index contributed by atoms with van der Waals surface area (Å²) in [7, 11) is 1.59. The second kappa shape index (κ2) is 14.1. The normalized spacial score (nSPS) is 10.8. The van der Waals surface area contributed by atoms with Crippen LogP contribution >= 0.6 is 0 Å². The predicted octanol–water partition coefficient (Wildman–Crippen LogP) is 6.30. The average Bonchev–Trinajstić information content (AvgIpc) is 2.76. The zero-order valence-electron chi connectivity index (χ0n) is 15.8. The third kappa shape index (κ3) is 9.10. The lowest BCUT2D eigenvalue weighted by molar-refractivity contribution is 0.405. The molecule has 0 heterocycles. The molecule has 0 N–H and O–H groups in total. The van der Waals surface area contributed by atoms with Gasteiger partial charge in [0.15, 0.2) is 5.75 Å². The summed E-state index contributed by atoms with van der Waals surface area (Å²) in [5, 5.41) is 0. The van der Waals surface area contributed by atoms with Crippen molar-refractivity contribution < 1.29 is 4.74 Å². The maximum absolute atomic E-state index is 11.9. The summed E-state index contributed by atoms with van der Waals surface area (Å²) in [4.78, 5) is 11.9. The van der Waals surface area contributed by atoms with Crippen LogP contribution in [0.1, 0.15) is 89.5 Å². The summed E-state index contributed by atoms with van der Waals surface area (Å²) < 4.78 is 5.28. The molecule has 1 aromatic carbocycles. The third-order valence-corrected chi connectivity index (χ3v) is 4.68. The van der Waals surface area contributed by atoms with E-state index in [4.69, 9.17) is 4.74 Å². The number of ether oxygens (including phenoxy) is 1. The summed E-state index contributed by atoms with van der Waals surface area (Å²) in [6, 6.07) is 7.31. The second-order valence-corrected chi connectivity index (χ2v) is 6.78. The molecule has 0 spiro atoms. The Labute approximate surface area is 148 Å². The number of hydrogen-bond donors (Lipinski definition) is 0. The van der Waals surface area contributed by atoms with Crippen LogP contribution in [0.15, 0.2) is 29.1 Å². The van der Waals surface area contributed by atoms with Crippen LogP contribution in [0.5, 0.6) is 5.75 Å². The molecule has 0 aliphatic carbocycles. The first-order valence-corrected chi connectivity index (χ1v) is 9.95. The predicted molar refractivity (Wildman–Crippen MR) is 104 cm³/mol. The van der Waals surface area contributed by atoms with Crippen LogP contribution in [-0.2, 0) is 6.42 Å². The molecule has 0 saturated heterocycles. The van der Waals surface area contributed by atoms with Gasteiger partial charge < -0.3 is 4.74 Å². The van der Waals surface area contributed by atoms with E-state index >= 15 is 0 Å². The molecule has 0 atom stereocenters. The van der Waals surface area contributed by atoms with Crippen LogP contribution in [0.4, 0.5) is 0 Å². The highest BCUT2D eigenvalue weighted by Gasteiger charge is 2.04. The van der Waals surface area contributed by atoms with Crippen molar-refractivity contribution in [2.75, 3.05) is 7.11 Å². The van der Waals surface area contributed by atoms with Crippen LogP contribution in [0.3, 0.4) is 0 Å². The molecule has 0 saturated carbocycles. The van der Waals surface area contributed by atoms with E-state index in [-0.39, 0.29) is 5.43 Å². The maximum Gasteiger partial charge on any atom is 0.220 e. The molecule has 0 amide bonds. The molecule has 2 heteroatoms. The zero-order chi connectivity index (χ0) is 17.5. The summed E-state index contributed by atoms with van der Waals surface area (Å²) in [6.45, 7) is 2.27. The van der Waals surface area contributed by atoms with Crippen molar-refractivity contribution in [2.45, 2.75) is 90.4 Å². The Morgan fingerprint density at radius 3 is 1.79 bits per heavy atom. The topological polar surface area (TPSA) is 26.3 Å². The first-order chi connectivity index (χ1) is 11.8. The van der Waals surface area contributed by atoms with Gasteiger partial charge in [-0.2, -0.15) is 0 Å². The summed E-state index contributed by atoms with van der Waals surface area (Å²) in [5.41, 5.74) is 1.02. The molecule has 1 rings (SSSR count). The van der Waals surface area contributed by atoms with Gasteiger partial charge in [0.2, 0.25) is 5.43 Å². The van der Waals surface area contributed by atoms with E-state index in [1.807, 2.05) is 12.1 Å². The fraction of sp³-hybridized carbons (Fsp3) is 0.682. The van der Waals surface area contributed by atoms with Gasteiger partial charge >= 0.3 is 0 Å². The highest BCUT2D eigenvalue weighted by atomic mass is 16.5. The molecule has 0 radical (unpaired) electrons. The summed E-state index contributed by atoms with van der Waals surface area (Å²) in [6.07, 6.45) is 17.2. The monoisotopic (exact) mass is 332 g/mol. The fourth-order valence-electron chi connectivity index (χ4n) is 3.21. The van der Waals surface area contributed by atoms with Crippen molar-refractivity contribution in [1.29, 1.82) is 0 Å². The minimum Gasteiger partial charge on any atom is -0.492 e. The lowest BCUT2D eigenvalue weighted by atomic mass is 10.0. The van der Waals surface area contributed by atoms with Crippen LogP contribution in [0.2, 0.25) is 0 Å². The van der Waals surface area contributed by atoms with E-state index < -0.39 is 0 Å². The number of aryl methyl sites for hydroxylation is 1. The molecule has 24 heavy (non-hydrogen) atoms. The average molecular weight is 333 g/mol. The molecule has 0 bridgehead atoms. The molecule has 0 aliphatic rings. The molecule has 136 valence electrons. The Morgan fingerprint density at radius 2 is 1.25 bits per heavy atom. The standard InChI is InChI=1S/C22H36O2/c1-3-4-5-6-7-8-9-10-11-12-13-14-17-20-18-15-16-19-21(23)22(20)24-2/h15-16,18-19H,3-14,17H2,1-2H3. The van der Waals surface area contributed by atoms with Gasteiger partial charge in [0.25, 0.3) is 0 Å². The van der Waals surface area contributed by atoms with E-state index in [1.54, 1.807) is 19.2 Å². The first-order valence-electron chi connectivity index (χ1n) is 9.95. The Balaban J connectivity index is 2.06. The van der Waals surface area contributed by atoms with E-state index in [0.29, 0.717) is 5.75 Å². The SMILES string of the molecule is CCCCCCCCCCCCCCc1ccccc(=O)c1OC. The van der Waals surface area contributed by atoms with Crippen molar-refractivity contribution >= 4 is 0 Å². The van der Waals surface area contributed by atoms with Crippen LogP contribution in [0, 0.1) is 0 Å². The quantitative estimate of drug-likeness (QED) is 0.374. The van der Waals surface area contributed by atoms with Gasteiger partial charge in [-0.1, -0.05) is 95.8 Å². The van der Waals surface area contributed by atoms with E-state index in [2.05, 4.69) is 6.92 Å². The maximum atomic E-state index is 11.9. The number of methoxy groups -OCH3 is 1. The minimum atomic E-state index is -0.0172. The number of unbranched alkanes of at least 4 members (excludes halogenated alkanes) is 11. The molecular formula is C22H36O2. The lowest BCUT2D eigenvalue weighted by Crippen LogP contribution is -2.03. The minimum absolute atomic E-state index is 0.0172.